The largest absolute Gasteiger partial charge is 0.481 e. The molecule has 1 aliphatic rings. The lowest BCUT2D eigenvalue weighted by molar-refractivity contribution is 0.114. The molecule has 2 atom stereocenters. The molecular weight excluding hydrogens is 410 g/mol. The van der Waals surface area contributed by atoms with Gasteiger partial charge in [0.1, 0.15) is 0 Å². The first kappa shape index (κ1) is 21.6. The van der Waals surface area contributed by atoms with Crippen molar-refractivity contribution in [2.24, 2.45) is 5.92 Å². The second-order valence-corrected chi connectivity index (χ2v) is 14.3. The maximum atomic E-state index is 10.9. The van der Waals surface area contributed by atoms with E-state index in [9.17, 15) is 5.11 Å². The molecule has 6 heteroatoms. The predicted molar refractivity (Wildman–Crippen MR) is 112 cm³/mol. The van der Waals surface area contributed by atoms with Crippen molar-refractivity contribution in [1.82, 2.24) is 4.98 Å². The quantitative estimate of drug-likeness (QED) is 0.491. The van der Waals surface area contributed by atoms with Crippen LogP contribution in [0.3, 0.4) is 0 Å². The molecule has 0 saturated carbocycles. The van der Waals surface area contributed by atoms with Crippen molar-refractivity contribution in [3.05, 3.63) is 33.9 Å². The van der Waals surface area contributed by atoms with Gasteiger partial charge in [-0.25, -0.2) is 4.98 Å². The van der Waals surface area contributed by atoms with Crippen LogP contribution in [-0.4, -0.2) is 38.2 Å². The molecule has 0 fully saturated rings. The third kappa shape index (κ3) is 5.18. The van der Waals surface area contributed by atoms with E-state index in [0.717, 1.165) is 35.0 Å². The number of pyridine rings is 1. The van der Waals surface area contributed by atoms with Crippen molar-refractivity contribution in [1.29, 1.82) is 0 Å². The fraction of sp³-hybridized carbons (Fsp3) is 0.650. The lowest BCUT2D eigenvalue weighted by atomic mass is 9.83. The summed E-state index contributed by atoms with van der Waals surface area (Å²) in [6.45, 7) is 11.7. The molecule has 0 radical (unpaired) electrons. The topological polar surface area (TPSA) is 51.6 Å². The highest BCUT2D eigenvalue weighted by atomic mass is 79.9. The fourth-order valence-electron chi connectivity index (χ4n) is 2.87. The molecule has 1 aliphatic carbocycles. The molecule has 0 bridgehead atoms. The zero-order chi connectivity index (χ0) is 19.5. The molecule has 0 saturated heterocycles. The summed E-state index contributed by atoms with van der Waals surface area (Å²) in [5, 5.41) is 11.1. The Morgan fingerprint density at radius 1 is 1.31 bits per heavy atom. The highest BCUT2D eigenvalue weighted by Gasteiger charge is 2.38. The summed E-state index contributed by atoms with van der Waals surface area (Å²) in [6, 6.07) is 3.79. The minimum absolute atomic E-state index is 0.147. The summed E-state index contributed by atoms with van der Waals surface area (Å²) in [4.78, 5) is 4.54. The van der Waals surface area contributed by atoms with E-state index < -0.39 is 14.4 Å². The van der Waals surface area contributed by atoms with Crippen LogP contribution in [0.2, 0.25) is 18.1 Å². The van der Waals surface area contributed by atoms with Crippen molar-refractivity contribution in [3.8, 4) is 5.88 Å². The number of hydrogen-bond donors (Lipinski definition) is 1. The second kappa shape index (κ2) is 8.55. The summed E-state index contributed by atoms with van der Waals surface area (Å²) >= 11 is 3.57. The van der Waals surface area contributed by atoms with Gasteiger partial charge in [0.15, 0.2) is 8.32 Å². The Bertz CT molecular complexity index is 655. The number of methoxy groups -OCH3 is 1. The zero-order valence-corrected chi connectivity index (χ0v) is 19.4. The van der Waals surface area contributed by atoms with Gasteiger partial charge in [-0.05, 0) is 70.9 Å². The predicted octanol–water partition coefficient (Wildman–Crippen LogP) is 5.11. The monoisotopic (exact) mass is 441 g/mol. The lowest BCUT2D eigenvalue weighted by Crippen LogP contribution is -2.42. The van der Waals surface area contributed by atoms with Crippen molar-refractivity contribution in [2.75, 3.05) is 13.7 Å². The first-order valence-electron chi connectivity index (χ1n) is 9.25. The number of rotatable bonds is 6. The molecule has 2 rings (SSSR count). The molecule has 146 valence electrons. The number of aliphatic hydroxyl groups is 1. The average Bonchev–Trinajstić information content (AvgIpc) is 2.56. The van der Waals surface area contributed by atoms with Gasteiger partial charge in [-0.3, -0.25) is 0 Å². The van der Waals surface area contributed by atoms with E-state index in [-0.39, 0.29) is 11.0 Å². The highest BCUT2D eigenvalue weighted by Crippen LogP contribution is 2.38. The van der Waals surface area contributed by atoms with Crippen LogP contribution in [0.15, 0.2) is 28.3 Å². The number of hydrogen-bond acceptors (Lipinski definition) is 4. The van der Waals surface area contributed by atoms with Crippen LogP contribution in [0.5, 0.6) is 5.88 Å². The lowest BCUT2D eigenvalue weighted by Gasteiger charge is -2.38. The number of nitrogens with zero attached hydrogens (tertiary/aromatic N) is 1. The summed E-state index contributed by atoms with van der Waals surface area (Å²) < 4.78 is 12.5. The molecule has 0 aliphatic heterocycles. The number of halogens is 1. The smallest absolute Gasteiger partial charge is 0.213 e. The maximum absolute atomic E-state index is 10.9. The summed E-state index contributed by atoms with van der Waals surface area (Å²) in [6.07, 6.45) is 4.32. The minimum atomic E-state index is -1.82. The van der Waals surface area contributed by atoms with E-state index in [1.165, 1.54) is 0 Å². The van der Waals surface area contributed by atoms with Crippen molar-refractivity contribution >= 4 is 24.2 Å². The van der Waals surface area contributed by atoms with Gasteiger partial charge in [0.05, 0.1) is 25.5 Å². The van der Waals surface area contributed by atoms with E-state index in [4.69, 9.17) is 9.16 Å². The zero-order valence-electron chi connectivity index (χ0n) is 16.8. The van der Waals surface area contributed by atoms with Crippen molar-refractivity contribution in [3.63, 3.8) is 0 Å². The van der Waals surface area contributed by atoms with Crippen molar-refractivity contribution < 1.29 is 14.3 Å². The molecular formula is C20H32BrNO3Si. The molecule has 0 unspecified atom stereocenters. The van der Waals surface area contributed by atoms with Gasteiger partial charge in [0.2, 0.25) is 5.88 Å². The molecule has 1 aromatic rings. The van der Waals surface area contributed by atoms with Gasteiger partial charge >= 0.3 is 0 Å². The van der Waals surface area contributed by atoms with E-state index in [0.29, 0.717) is 12.5 Å². The molecule has 4 nitrogen and oxygen atoms in total. The van der Waals surface area contributed by atoms with E-state index in [1.54, 1.807) is 7.11 Å². The van der Waals surface area contributed by atoms with Crippen LogP contribution in [0.4, 0.5) is 0 Å². The molecule has 0 aromatic carbocycles. The van der Waals surface area contributed by atoms with Crippen LogP contribution >= 0.6 is 15.9 Å². The van der Waals surface area contributed by atoms with Crippen LogP contribution in [-0.2, 0) is 10.8 Å². The Labute approximate surface area is 167 Å². The van der Waals surface area contributed by atoms with E-state index >= 15 is 0 Å². The SMILES string of the molecule is COc1ccc(Br)c(C[C@@H]2CCC=C(CO[Si](C)(C)C(C)(C)C)[C@H]2O)n1. The highest BCUT2D eigenvalue weighted by molar-refractivity contribution is 9.10. The van der Waals surface area contributed by atoms with Gasteiger partial charge in [-0.15, -0.1) is 0 Å². The Morgan fingerprint density at radius 3 is 2.62 bits per heavy atom. The fourth-order valence-corrected chi connectivity index (χ4v) is 4.22. The Balaban J connectivity index is 2.05. The standard InChI is InChI=1S/C20H32BrNO3Si/c1-20(2,3)26(5,6)25-13-15-9-7-8-14(19(15)23)12-17-16(21)10-11-18(22-17)24-4/h9-11,14,19,23H,7-8,12-13H2,1-6H3/t14-,19-/m0/s1. The van der Waals surface area contributed by atoms with E-state index in [2.05, 4.69) is 60.9 Å². The van der Waals surface area contributed by atoms with Crippen LogP contribution in [0.25, 0.3) is 0 Å². The average molecular weight is 442 g/mol. The number of aliphatic hydroxyl groups excluding tert-OH is 1. The number of allylic oxidation sites excluding steroid dienone is 1. The van der Waals surface area contributed by atoms with Gasteiger partial charge < -0.3 is 14.3 Å². The second-order valence-electron chi connectivity index (χ2n) is 8.60. The minimum Gasteiger partial charge on any atom is -0.481 e. The van der Waals surface area contributed by atoms with Gasteiger partial charge in [0, 0.05) is 10.5 Å². The van der Waals surface area contributed by atoms with Gasteiger partial charge in [-0.2, -0.15) is 0 Å². The van der Waals surface area contributed by atoms with E-state index in [1.807, 2.05) is 12.1 Å². The third-order valence-electron chi connectivity index (χ3n) is 5.73. The molecule has 0 amide bonds. The first-order valence-corrected chi connectivity index (χ1v) is 13.0. The Kier molecular flexibility index (Phi) is 7.10. The molecule has 0 spiro atoms. The van der Waals surface area contributed by atoms with Crippen LogP contribution in [0.1, 0.15) is 39.3 Å². The summed E-state index contributed by atoms with van der Waals surface area (Å²) in [5.41, 5.74) is 1.95. The number of aromatic nitrogens is 1. The summed E-state index contributed by atoms with van der Waals surface area (Å²) in [7, 11) is -0.205. The van der Waals surface area contributed by atoms with Crippen LogP contribution < -0.4 is 4.74 Å². The van der Waals surface area contributed by atoms with Gasteiger partial charge in [0.25, 0.3) is 0 Å². The molecule has 26 heavy (non-hydrogen) atoms. The molecule has 1 aromatic heterocycles. The van der Waals surface area contributed by atoms with Crippen molar-refractivity contribution in [2.45, 2.75) is 64.3 Å². The van der Waals surface area contributed by atoms with Crippen LogP contribution in [0, 0.1) is 5.92 Å². The Morgan fingerprint density at radius 2 is 2.00 bits per heavy atom. The molecule has 1 N–H and O–H groups in total. The normalized spacial score (nSPS) is 21.5. The number of ether oxygens (including phenoxy) is 1. The Hall–Kier alpha value is -0.693. The molecule has 1 heterocycles. The van der Waals surface area contributed by atoms with Gasteiger partial charge in [-0.1, -0.05) is 26.8 Å². The maximum Gasteiger partial charge on any atom is 0.213 e. The first-order chi connectivity index (χ1) is 12.0. The summed E-state index contributed by atoms with van der Waals surface area (Å²) in [5.74, 6) is 0.749. The third-order valence-corrected chi connectivity index (χ3v) is 10.9.